The van der Waals surface area contributed by atoms with Crippen LogP contribution in [-0.2, 0) is 9.84 Å². The lowest BCUT2D eigenvalue weighted by Gasteiger charge is -2.07. The van der Waals surface area contributed by atoms with E-state index in [1.54, 1.807) is 24.3 Å². The van der Waals surface area contributed by atoms with E-state index in [0.717, 1.165) is 4.90 Å². The molecule has 0 aliphatic rings. The summed E-state index contributed by atoms with van der Waals surface area (Å²) < 4.78 is 23.6. The van der Waals surface area contributed by atoms with Gasteiger partial charge in [-0.2, -0.15) is 0 Å². The van der Waals surface area contributed by atoms with E-state index in [4.69, 9.17) is 5.11 Å². The van der Waals surface area contributed by atoms with Crippen LogP contribution in [0.1, 0.15) is 13.3 Å². The van der Waals surface area contributed by atoms with Crippen molar-refractivity contribution in [3.63, 3.8) is 0 Å². The smallest absolute Gasteiger partial charge is 0.178 e. The Morgan fingerprint density at radius 1 is 1.28 bits per heavy atom. The van der Waals surface area contributed by atoms with Gasteiger partial charge < -0.3 is 10.2 Å². The molecule has 2 N–H and O–H groups in total. The highest BCUT2D eigenvalue weighted by atomic mass is 32.2. The molecule has 0 bridgehead atoms. The van der Waals surface area contributed by atoms with Crippen molar-refractivity contribution >= 4 is 21.6 Å². The van der Waals surface area contributed by atoms with Gasteiger partial charge >= 0.3 is 0 Å². The molecule has 0 fully saturated rings. The van der Waals surface area contributed by atoms with Crippen molar-refractivity contribution in [1.82, 2.24) is 0 Å². The second kappa shape index (κ2) is 7.13. The maximum atomic E-state index is 11.8. The molecule has 0 saturated carbocycles. The van der Waals surface area contributed by atoms with Crippen molar-refractivity contribution in [2.75, 3.05) is 18.1 Å². The molecule has 102 valence electrons. The minimum absolute atomic E-state index is 0.155. The Kier molecular flexibility index (Phi) is 6.14. The highest BCUT2D eigenvalue weighted by Gasteiger charge is 2.12. The number of hydrogen-bond acceptors (Lipinski definition) is 5. The van der Waals surface area contributed by atoms with E-state index < -0.39 is 15.9 Å². The summed E-state index contributed by atoms with van der Waals surface area (Å²) in [5.74, 6) is 0.542. The third kappa shape index (κ3) is 4.61. The molecule has 0 spiro atoms. The fraction of sp³-hybridized carbons (Fsp3) is 0.500. The van der Waals surface area contributed by atoms with Gasteiger partial charge in [0.2, 0.25) is 0 Å². The Hall–Kier alpha value is -0.560. The molecule has 0 aromatic heterocycles. The van der Waals surface area contributed by atoms with Gasteiger partial charge in [-0.1, -0.05) is 6.92 Å². The second-order valence-electron chi connectivity index (χ2n) is 3.94. The van der Waals surface area contributed by atoms with Gasteiger partial charge in [0, 0.05) is 10.6 Å². The van der Waals surface area contributed by atoms with E-state index >= 15 is 0 Å². The lowest BCUT2D eigenvalue weighted by molar-refractivity contribution is 0.113. The van der Waals surface area contributed by atoms with Crippen LogP contribution in [0, 0.1) is 0 Å². The van der Waals surface area contributed by atoms with Gasteiger partial charge in [0.15, 0.2) is 9.84 Å². The number of thioether (sulfide) groups is 1. The van der Waals surface area contributed by atoms with E-state index in [0.29, 0.717) is 17.1 Å². The zero-order chi connectivity index (χ0) is 13.6. The lowest BCUT2D eigenvalue weighted by Crippen LogP contribution is -2.14. The van der Waals surface area contributed by atoms with E-state index in [9.17, 15) is 13.5 Å². The Labute approximate surface area is 112 Å². The van der Waals surface area contributed by atoms with Gasteiger partial charge in [0.05, 0.1) is 23.4 Å². The van der Waals surface area contributed by atoms with Crippen LogP contribution in [0.25, 0.3) is 0 Å². The highest BCUT2D eigenvalue weighted by molar-refractivity contribution is 7.99. The summed E-state index contributed by atoms with van der Waals surface area (Å²) in [6.45, 7) is 1.56. The molecule has 1 rings (SSSR count). The maximum Gasteiger partial charge on any atom is 0.178 e. The summed E-state index contributed by atoms with van der Waals surface area (Å²) in [5.41, 5.74) is 0. The molecule has 18 heavy (non-hydrogen) atoms. The van der Waals surface area contributed by atoms with Crippen molar-refractivity contribution in [3.05, 3.63) is 24.3 Å². The topological polar surface area (TPSA) is 74.6 Å². The fourth-order valence-electron chi connectivity index (χ4n) is 1.37. The van der Waals surface area contributed by atoms with Crippen LogP contribution in [-0.4, -0.2) is 42.8 Å². The van der Waals surface area contributed by atoms with Crippen LogP contribution < -0.4 is 0 Å². The third-order valence-corrected chi connectivity index (χ3v) is 5.40. The Morgan fingerprint density at radius 2 is 1.89 bits per heavy atom. The molecule has 1 aromatic rings. The lowest BCUT2D eigenvalue weighted by atomic mass is 10.4. The summed E-state index contributed by atoms with van der Waals surface area (Å²) >= 11 is 1.38. The van der Waals surface area contributed by atoms with Gasteiger partial charge in [-0.3, -0.25) is 0 Å². The van der Waals surface area contributed by atoms with Crippen molar-refractivity contribution in [1.29, 1.82) is 0 Å². The molecule has 1 atom stereocenters. The maximum absolute atomic E-state index is 11.8. The molecular formula is C12H18O4S2. The summed E-state index contributed by atoms with van der Waals surface area (Å²) in [5, 5.41) is 17.9. The first-order valence-electron chi connectivity index (χ1n) is 5.74. The average Bonchev–Trinajstić information content (AvgIpc) is 2.36. The Bertz CT molecular complexity index is 453. The minimum atomic E-state index is -3.16. The standard InChI is InChI=1S/C12H18O4S2/c1-2-7-18(15,16)12-5-3-11(4-6-12)17-9-10(14)8-13/h3-6,10,13-14H,2,7-9H2,1H3. The monoisotopic (exact) mass is 290 g/mol. The highest BCUT2D eigenvalue weighted by Crippen LogP contribution is 2.21. The van der Waals surface area contributed by atoms with Crippen LogP contribution in [0.4, 0.5) is 0 Å². The number of aliphatic hydroxyl groups is 2. The van der Waals surface area contributed by atoms with Crippen LogP contribution in [0.5, 0.6) is 0 Å². The summed E-state index contributed by atoms with van der Waals surface area (Å²) in [6.07, 6.45) is -0.153. The Morgan fingerprint density at radius 3 is 2.39 bits per heavy atom. The quantitative estimate of drug-likeness (QED) is 0.741. The molecule has 4 nitrogen and oxygen atoms in total. The van der Waals surface area contributed by atoms with Crippen LogP contribution in [0.3, 0.4) is 0 Å². The number of sulfone groups is 1. The van der Waals surface area contributed by atoms with Crippen LogP contribution in [0.2, 0.25) is 0 Å². The van der Waals surface area contributed by atoms with Crippen molar-refractivity contribution < 1.29 is 18.6 Å². The summed E-state index contributed by atoms with van der Waals surface area (Å²) in [4.78, 5) is 1.20. The van der Waals surface area contributed by atoms with Crippen molar-refractivity contribution in [3.8, 4) is 0 Å². The molecule has 0 aliphatic carbocycles. The first-order valence-corrected chi connectivity index (χ1v) is 8.38. The molecular weight excluding hydrogens is 272 g/mol. The zero-order valence-electron chi connectivity index (χ0n) is 10.2. The largest absolute Gasteiger partial charge is 0.394 e. The van der Waals surface area contributed by atoms with Gasteiger partial charge in [-0.15, -0.1) is 11.8 Å². The SMILES string of the molecule is CCCS(=O)(=O)c1ccc(SCC(O)CO)cc1. The van der Waals surface area contributed by atoms with E-state index in [1.807, 2.05) is 6.92 Å². The number of benzene rings is 1. The molecule has 0 radical (unpaired) electrons. The fourth-order valence-corrected chi connectivity index (χ4v) is 3.52. The minimum Gasteiger partial charge on any atom is -0.394 e. The molecule has 6 heteroatoms. The predicted molar refractivity (Wildman–Crippen MR) is 72.6 cm³/mol. The molecule has 1 aromatic carbocycles. The van der Waals surface area contributed by atoms with Gasteiger partial charge in [0.1, 0.15) is 0 Å². The molecule has 1 unspecified atom stereocenters. The van der Waals surface area contributed by atoms with Crippen molar-refractivity contribution in [2.45, 2.75) is 29.2 Å². The first kappa shape index (κ1) is 15.5. The third-order valence-electron chi connectivity index (χ3n) is 2.31. The van der Waals surface area contributed by atoms with Crippen molar-refractivity contribution in [2.24, 2.45) is 0 Å². The molecule has 0 aliphatic heterocycles. The van der Waals surface area contributed by atoms with Crippen LogP contribution in [0.15, 0.2) is 34.1 Å². The number of aliphatic hydroxyl groups excluding tert-OH is 2. The number of hydrogen-bond donors (Lipinski definition) is 2. The molecule has 0 saturated heterocycles. The molecule has 0 amide bonds. The zero-order valence-corrected chi connectivity index (χ0v) is 11.9. The van der Waals surface area contributed by atoms with Gasteiger partial charge in [0.25, 0.3) is 0 Å². The van der Waals surface area contributed by atoms with Gasteiger partial charge in [-0.25, -0.2) is 8.42 Å². The Balaban J connectivity index is 2.68. The van der Waals surface area contributed by atoms with E-state index in [1.165, 1.54) is 11.8 Å². The normalized spacial score (nSPS) is 13.5. The van der Waals surface area contributed by atoms with Crippen LogP contribution >= 0.6 is 11.8 Å². The van der Waals surface area contributed by atoms with Gasteiger partial charge in [-0.05, 0) is 30.7 Å². The average molecular weight is 290 g/mol. The van der Waals surface area contributed by atoms with E-state index in [2.05, 4.69) is 0 Å². The predicted octanol–water partition coefficient (Wildman–Crippen LogP) is 1.32. The van der Waals surface area contributed by atoms with E-state index in [-0.39, 0.29) is 12.4 Å². The first-order chi connectivity index (χ1) is 8.49. The molecule has 0 heterocycles. The second-order valence-corrected chi connectivity index (χ2v) is 7.14. The number of rotatable bonds is 7. The summed E-state index contributed by atoms with van der Waals surface area (Å²) in [7, 11) is -3.16. The summed E-state index contributed by atoms with van der Waals surface area (Å²) in [6, 6.07) is 6.60.